The van der Waals surface area contributed by atoms with E-state index in [1.165, 1.54) is 12.8 Å². The third-order valence-corrected chi connectivity index (χ3v) is 2.60. The van der Waals surface area contributed by atoms with Crippen molar-refractivity contribution in [3.63, 3.8) is 0 Å². The second-order valence-electron chi connectivity index (χ2n) is 4.53. The Balaban J connectivity index is 2.41. The minimum atomic E-state index is -0.205. The van der Waals surface area contributed by atoms with Crippen LogP contribution in [0.4, 0.5) is 0 Å². The predicted octanol–water partition coefficient (Wildman–Crippen LogP) is 2.54. The number of rotatable bonds is 4. The molecular weight excluding hydrogens is 150 g/mol. The molecule has 1 aliphatic rings. The van der Waals surface area contributed by atoms with E-state index in [0.29, 0.717) is 5.92 Å². The fourth-order valence-corrected chi connectivity index (χ4v) is 1.79. The Kier molecular flexibility index (Phi) is 2.69. The molecule has 0 aromatic heterocycles. The molecule has 1 saturated carbocycles. The molecule has 1 fully saturated rings. The van der Waals surface area contributed by atoms with E-state index in [0.717, 1.165) is 12.3 Å². The minimum absolute atomic E-state index is 0.205. The molecule has 0 amide bonds. The molecule has 0 heterocycles. The van der Waals surface area contributed by atoms with E-state index in [1.807, 2.05) is 13.8 Å². The lowest BCUT2D eigenvalue weighted by Crippen LogP contribution is -2.20. The van der Waals surface area contributed by atoms with Gasteiger partial charge in [0.25, 0.3) is 0 Å². The van der Waals surface area contributed by atoms with Crippen LogP contribution in [-0.2, 0) is 4.79 Å². The molecule has 0 bridgehead atoms. The Bertz CT molecular complexity index is 200. The summed E-state index contributed by atoms with van der Waals surface area (Å²) in [5.74, 6) is 1.60. The summed E-state index contributed by atoms with van der Waals surface area (Å²) in [7, 11) is 0. The molecule has 0 saturated heterocycles. The van der Waals surface area contributed by atoms with Crippen LogP contribution in [0.3, 0.4) is 0 Å². The number of carbonyl (C=O) groups excluding carboxylic acids is 1. The Hall–Kier alpha value is -0.620. The zero-order valence-corrected chi connectivity index (χ0v) is 8.13. The fourth-order valence-electron chi connectivity index (χ4n) is 1.79. The van der Waals surface area contributed by atoms with Gasteiger partial charge >= 0.3 is 0 Å². The Morgan fingerprint density at radius 1 is 1.58 bits per heavy atom. The summed E-state index contributed by atoms with van der Waals surface area (Å²) in [6.07, 6.45) is 5.38. The highest BCUT2D eigenvalue weighted by Crippen LogP contribution is 2.40. The van der Waals surface area contributed by atoms with Gasteiger partial charge in [-0.15, -0.1) is 0 Å². The molecule has 1 rings (SSSR count). The summed E-state index contributed by atoms with van der Waals surface area (Å²) in [6, 6.07) is 0. The van der Waals surface area contributed by atoms with Crippen LogP contribution < -0.4 is 0 Å². The fraction of sp³-hybridized carbons (Fsp3) is 0.900. The van der Waals surface area contributed by atoms with E-state index in [-0.39, 0.29) is 5.54 Å². The monoisotopic (exact) mass is 167 g/mol. The molecule has 2 heteroatoms. The first-order valence-corrected chi connectivity index (χ1v) is 4.64. The van der Waals surface area contributed by atoms with Crippen LogP contribution in [0.5, 0.6) is 0 Å². The molecule has 2 nitrogen and oxygen atoms in total. The van der Waals surface area contributed by atoms with Gasteiger partial charge < -0.3 is 0 Å². The van der Waals surface area contributed by atoms with Gasteiger partial charge in [-0.1, -0.05) is 6.92 Å². The summed E-state index contributed by atoms with van der Waals surface area (Å²) in [5, 5.41) is 0. The highest BCUT2D eigenvalue weighted by atomic mass is 16.1. The number of nitrogens with zero attached hydrogens (tertiary/aromatic N) is 1. The van der Waals surface area contributed by atoms with Gasteiger partial charge in [0.2, 0.25) is 6.08 Å². The molecule has 1 aliphatic carbocycles. The zero-order valence-electron chi connectivity index (χ0n) is 8.13. The second-order valence-corrected chi connectivity index (χ2v) is 4.53. The van der Waals surface area contributed by atoms with Crippen molar-refractivity contribution in [3.05, 3.63) is 0 Å². The number of aliphatic imine (C=N–C) groups is 1. The molecule has 1 atom stereocenters. The van der Waals surface area contributed by atoms with Crippen molar-refractivity contribution in [2.75, 3.05) is 0 Å². The van der Waals surface area contributed by atoms with Crippen LogP contribution >= 0.6 is 0 Å². The quantitative estimate of drug-likeness (QED) is 0.467. The average molecular weight is 167 g/mol. The van der Waals surface area contributed by atoms with Crippen molar-refractivity contribution >= 4 is 6.08 Å². The first-order valence-electron chi connectivity index (χ1n) is 4.64. The summed E-state index contributed by atoms with van der Waals surface area (Å²) >= 11 is 0. The third kappa shape index (κ3) is 2.78. The van der Waals surface area contributed by atoms with Gasteiger partial charge in [-0.05, 0) is 44.9 Å². The lowest BCUT2D eigenvalue weighted by atomic mass is 9.89. The molecular formula is C10H17NO. The van der Waals surface area contributed by atoms with Gasteiger partial charge in [0.15, 0.2) is 0 Å². The van der Waals surface area contributed by atoms with Gasteiger partial charge in [-0.25, -0.2) is 4.79 Å². The summed E-state index contributed by atoms with van der Waals surface area (Å²) < 4.78 is 0. The van der Waals surface area contributed by atoms with Crippen molar-refractivity contribution in [1.82, 2.24) is 0 Å². The van der Waals surface area contributed by atoms with Crippen molar-refractivity contribution < 1.29 is 4.79 Å². The minimum Gasteiger partial charge on any atom is -0.211 e. The second kappa shape index (κ2) is 3.40. The van der Waals surface area contributed by atoms with Gasteiger partial charge in [-0.3, -0.25) is 0 Å². The number of hydrogen-bond donors (Lipinski definition) is 0. The lowest BCUT2D eigenvalue weighted by Gasteiger charge is -2.21. The van der Waals surface area contributed by atoms with Crippen LogP contribution in [0, 0.1) is 11.8 Å². The summed E-state index contributed by atoms with van der Waals surface area (Å²) in [6.45, 7) is 6.24. The first-order chi connectivity index (χ1) is 5.55. The molecule has 0 aromatic rings. The van der Waals surface area contributed by atoms with Crippen LogP contribution in [0.25, 0.3) is 0 Å². The Labute approximate surface area is 74.1 Å². The van der Waals surface area contributed by atoms with E-state index in [1.54, 1.807) is 6.08 Å². The normalized spacial score (nSPS) is 19.9. The molecule has 0 aromatic carbocycles. The first kappa shape index (κ1) is 9.47. The standard InChI is InChI=1S/C10H17NO/c1-8(9-4-5-9)6-10(2,3)11-7-12/h8-9H,4-6H2,1-3H3. The smallest absolute Gasteiger partial charge is 0.211 e. The number of isocyanates is 1. The Morgan fingerprint density at radius 2 is 2.17 bits per heavy atom. The van der Waals surface area contributed by atoms with Gasteiger partial charge in [0, 0.05) is 0 Å². The van der Waals surface area contributed by atoms with Crippen molar-refractivity contribution in [1.29, 1.82) is 0 Å². The van der Waals surface area contributed by atoms with Gasteiger partial charge in [-0.2, -0.15) is 4.99 Å². The van der Waals surface area contributed by atoms with Crippen molar-refractivity contribution in [2.24, 2.45) is 16.8 Å². The Morgan fingerprint density at radius 3 is 2.58 bits per heavy atom. The van der Waals surface area contributed by atoms with Crippen LogP contribution in [0.1, 0.15) is 40.0 Å². The van der Waals surface area contributed by atoms with Gasteiger partial charge in [0.05, 0.1) is 5.54 Å². The summed E-state index contributed by atoms with van der Waals surface area (Å²) in [5.41, 5.74) is -0.205. The maximum absolute atomic E-state index is 10.1. The highest BCUT2D eigenvalue weighted by molar-refractivity contribution is 5.34. The topological polar surface area (TPSA) is 29.4 Å². The molecule has 12 heavy (non-hydrogen) atoms. The van der Waals surface area contributed by atoms with E-state index >= 15 is 0 Å². The zero-order chi connectivity index (χ0) is 9.19. The third-order valence-electron chi connectivity index (χ3n) is 2.60. The van der Waals surface area contributed by atoms with E-state index < -0.39 is 0 Å². The summed E-state index contributed by atoms with van der Waals surface area (Å²) in [4.78, 5) is 13.9. The molecule has 0 N–H and O–H groups in total. The SMILES string of the molecule is CC(CC(C)(C)N=C=O)C1CC1. The van der Waals surface area contributed by atoms with Crippen molar-refractivity contribution in [3.8, 4) is 0 Å². The molecule has 1 unspecified atom stereocenters. The predicted molar refractivity (Wildman–Crippen MR) is 48.7 cm³/mol. The molecule has 0 spiro atoms. The van der Waals surface area contributed by atoms with Crippen LogP contribution in [-0.4, -0.2) is 11.6 Å². The average Bonchev–Trinajstić information content (AvgIpc) is 2.65. The van der Waals surface area contributed by atoms with Crippen LogP contribution in [0.15, 0.2) is 4.99 Å². The lowest BCUT2D eigenvalue weighted by molar-refractivity contribution is 0.352. The van der Waals surface area contributed by atoms with E-state index in [9.17, 15) is 4.79 Å². The number of hydrogen-bond acceptors (Lipinski definition) is 2. The maximum Gasteiger partial charge on any atom is 0.235 e. The van der Waals surface area contributed by atoms with E-state index in [2.05, 4.69) is 11.9 Å². The van der Waals surface area contributed by atoms with Gasteiger partial charge in [0.1, 0.15) is 0 Å². The molecule has 0 aliphatic heterocycles. The van der Waals surface area contributed by atoms with E-state index in [4.69, 9.17) is 0 Å². The highest BCUT2D eigenvalue weighted by Gasteiger charge is 2.31. The maximum atomic E-state index is 10.1. The molecule has 0 radical (unpaired) electrons. The molecule has 68 valence electrons. The largest absolute Gasteiger partial charge is 0.235 e. The van der Waals surface area contributed by atoms with Crippen LogP contribution in [0.2, 0.25) is 0 Å². The van der Waals surface area contributed by atoms with Crippen molar-refractivity contribution in [2.45, 2.75) is 45.6 Å².